The van der Waals surface area contributed by atoms with Gasteiger partial charge in [-0.25, -0.2) is 4.79 Å². The summed E-state index contributed by atoms with van der Waals surface area (Å²) in [6.45, 7) is 5.70. The molecule has 0 saturated carbocycles. The Balaban J connectivity index is 1.83. The molecule has 0 spiro atoms. The molecule has 0 aromatic heterocycles. The van der Waals surface area contributed by atoms with Gasteiger partial charge in [0.05, 0.1) is 17.2 Å². The second-order valence-electron chi connectivity index (χ2n) is 7.62. The van der Waals surface area contributed by atoms with Crippen LogP contribution >= 0.6 is 0 Å². The summed E-state index contributed by atoms with van der Waals surface area (Å²) in [5.74, 6) is -0.723. The predicted octanol–water partition coefficient (Wildman–Crippen LogP) is 4.56. The molecule has 1 aliphatic rings. The SMILES string of the molecule is C[C@@H]1CCC[C@H](C)N1C(=O)[C@@H](C)OC(=O)c1ccccc1-c1ccccc1C#N. The van der Waals surface area contributed by atoms with E-state index in [1.54, 1.807) is 43.3 Å². The largest absolute Gasteiger partial charge is 0.449 e. The van der Waals surface area contributed by atoms with Crippen molar-refractivity contribution in [2.24, 2.45) is 0 Å². The number of esters is 1. The zero-order valence-corrected chi connectivity index (χ0v) is 17.1. The summed E-state index contributed by atoms with van der Waals surface area (Å²) >= 11 is 0. The van der Waals surface area contributed by atoms with Crippen molar-refractivity contribution < 1.29 is 14.3 Å². The van der Waals surface area contributed by atoms with Gasteiger partial charge in [-0.1, -0.05) is 36.4 Å². The van der Waals surface area contributed by atoms with Crippen LogP contribution in [-0.2, 0) is 9.53 Å². The molecule has 150 valence electrons. The fraction of sp³-hybridized carbons (Fsp3) is 0.375. The Labute approximate surface area is 171 Å². The lowest BCUT2D eigenvalue weighted by Gasteiger charge is -2.40. The molecule has 0 radical (unpaired) electrons. The number of likely N-dealkylation sites (tertiary alicyclic amines) is 1. The van der Waals surface area contributed by atoms with Crippen LogP contribution in [-0.4, -0.2) is 35.0 Å². The van der Waals surface area contributed by atoms with Crippen LogP contribution in [0.4, 0.5) is 0 Å². The molecule has 0 bridgehead atoms. The number of benzene rings is 2. The van der Waals surface area contributed by atoms with Crippen LogP contribution < -0.4 is 0 Å². The van der Waals surface area contributed by atoms with Gasteiger partial charge in [0.2, 0.25) is 0 Å². The first kappa shape index (κ1) is 20.6. The van der Waals surface area contributed by atoms with Gasteiger partial charge in [0.25, 0.3) is 5.91 Å². The summed E-state index contributed by atoms with van der Waals surface area (Å²) in [7, 11) is 0. The summed E-state index contributed by atoms with van der Waals surface area (Å²) in [4.78, 5) is 27.7. The molecular formula is C24H26N2O3. The molecule has 1 heterocycles. The normalized spacial score (nSPS) is 19.9. The van der Waals surface area contributed by atoms with Crippen LogP contribution in [0.25, 0.3) is 11.1 Å². The predicted molar refractivity (Wildman–Crippen MR) is 111 cm³/mol. The third-order valence-corrected chi connectivity index (χ3v) is 5.56. The van der Waals surface area contributed by atoms with Gasteiger partial charge in [0, 0.05) is 17.6 Å². The molecule has 5 heteroatoms. The third-order valence-electron chi connectivity index (χ3n) is 5.56. The second-order valence-corrected chi connectivity index (χ2v) is 7.62. The maximum Gasteiger partial charge on any atom is 0.339 e. The number of carbonyl (C=O) groups excluding carboxylic acids is 2. The standard InChI is InChI=1S/C24H26N2O3/c1-16-9-8-10-17(2)26(16)23(27)18(3)29-24(28)22-14-7-6-13-21(22)20-12-5-4-11-19(20)15-25/h4-7,11-14,16-18H,8-10H2,1-3H3/t16-,17+,18-/m1/s1. The maximum absolute atomic E-state index is 12.9. The van der Waals surface area contributed by atoms with Gasteiger partial charge in [-0.2, -0.15) is 5.26 Å². The van der Waals surface area contributed by atoms with Crippen LogP contribution in [0, 0.1) is 11.3 Å². The van der Waals surface area contributed by atoms with Gasteiger partial charge in [0.1, 0.15) is 0 Å². The topological polar surface area (TPSA) is 70.4 Å². The number of piperidine rings is 1. The van der Waals surface area contributed by atoms with E-state index in [4.69, 9.17) is 4.74 Å². The van der Waals surface area contributed by atoms with Crippen molar-refractivity contribution in [1.82, 2.24) is 4.90 Å². The minimum Gasteiger partial charge on any atom is -0.449 e. The number of carbonyl (C=O) groups is 2. The smallest absolute Gasteiger partial charge is 0.339 e. The summed E-state index contributed by atoms with van der Waals surface area (Å²) < 4.78 is 5.57. The number of ether oxygens (including phenoxy) is 1. The van der Waals surface area contributed by atoms with E-state index >= 15 is 0 Å². The van der Waals surface area contributed by atoms with E-state index in [-0.39, 0.29) is 18.0 Å². The number of hydrogen-bond donors (Lipinski definition) is 0. The summed E-state index contributed by atoms with van der Waals surface area (Å²) in [5.41, 5.74) is 2.11. The monoisotopic (exact) mass is 390 g/mol. The Morgan fingerprint density at radius 3 is 2.28 bits per heavy atom. The zero-order valence-electron chi connectivity index (χ0n) is 17.1. The fourth-order valence-corrected chi connectivity index (χ4v) is 4.05. The minimum absolute atomic E-state index is 0.141. The van der Waals surface area contributed by atoms with Gasteiger partial charge >= 0.3 is 5.97 Å². The molecule has 2 aromatic carbocycles. The lowest BCUT2D eigenvalue weighted by atomic mass is 9.96. The maximum atomic E-state index is 12.9. The second kappa shape index (κ2) is 8.91. The molecule has 0 unspecified atom stereocenters. The van der Waals surface area contributed by atoms with Gasteiger partial charge in [-0.15, -0.1) is 0 Å². The number of amides is 1. The molecule has 3 rings (SSSR count). The van der Waals surface area contributed by atoms with Gasteiger partial charge in [0.15, 0.2) is 6.10 Å². The molecule has 1 aliphatic heterocycles. The highest BCUT2D eigenvalue weighted by Crippen LogP contribution is 2.28. The van der Waals surface area contributed by atoms with E-state index in [0.717, 1.165) is 19.3 Å². The number of nitrogens with zero attached hydrogens (tertiary/aromatic N) is 2. The lowest BCUT2D eigenvalue weighted by Crippen LogP contribution is -2.51. The average molecular weight is 390 g/mol. The van der Waals surface area contributed by atoms with Crippen molar-refractivity contribution in [2.45, 2.75) is 58.2 Å². The van der Waals surface area contributed by atoms with Gasteiger partial charge < -0.3 is 9.64 Å². The summed E-state index contributed by atoms with van der Waals surface area (Å²) in [5, 5.41) is 9.40. The molecular weight excluding hydrogens is 364 g/mol. The van der Waals surface area contributed by atoms with Crippen LogP contribution in [0.1, 0.15) is 56.0 Å². The average Bonchev–Trinajstić information content (AvgIpc) is 2.73. The van der Waals surface area contributed by atoms with Crippen molar-refractivity contribution in [3.63, 3.8) is 0 Å². The first-order valence-corrected chi connectivity index (χ1v) is 10.1. The van der Waals surface area contributed by atoms with E-state index in [0.29, 0.717) is 22.3 Å². The molecule has 3 atom stereocenters. The molecule has 1 saturated heterocycles. The molecule has 0 N–H and O–H groups in total. The number of rotatable bonds is 4. The van der Waals surface area contributed by atoms with Crippen molar-refractivity contribution in [3.8, 4) is 17.2 Å². The molecule has 1 amide bonds. The summed E-state index contributed by atoms with van der Waals surface area (Å²) in [6.07, 6.45) is 2.16. The van der Waals surface area contributed by atoms with Gasteiger partial charge in [-0.3, -0.25) is 4.79 Å². The highest BCUT2D eigenvalue weighted by molar-refractivity contribution is 5.99. The Kier molecular flexibility index (Phi) is 6.33. The Hall–Kier alpha value is -3.13. The van der Waals surface area contributed by atoms with Gasteiger partial charge in [-0.05, 0) is 57.7 Å². The van der Waals surface area contributed by atoms with E-state index in [1.165, 1.54) is 0 Å². The van der Waals surface area contributed by atoms with Crippen LogP contribution in [0.2, 0.25) is 0 Å². The first-order valence-electron chi connectivity index (χ1n) is 10.1. The van der Waals surface area contributed by atoms with Crippen LogP contribution in [0.5, 0.6) is 0 Å². The van der Waals surface area contributed by atoms with E-state index in [2.05, 4.69) is 6.07 Å². The number of nitriles is 1. The fourth-order valence-electron chi connectivity index (χ4n) is 4.05. The molecule has 29 heavy (non-hydrogen) atoms. The van der Waals surface area contributed by atoms with Crippen molar-refractivity contribution in [3.05, 3.63) is 59.7 Å². The quantitative estimate of drug-likeness (QED) is 0.718. The van der Waals surface area contributed by atoms with E-state index in [9.17, 15) is 14.9 Å². The van der Waals surface area contributed by atoms with E-state index < -0.39 is 12.1 Å². The number of hydrogen-bond acceptors (Lipinski definition) is 4. The Morgan fingerprint density at radius 1 is 1.03 bits per heavy atom. The van der Waals surface area contributed by atoms with Crippen LogP contribution in [0.3, 0.4) is 0 Å². The Morgan fingerprint density at radius 2 is 1.62 bits per heavy atom. The minimum atomic E-state index is -0.871. The van der Waals surface area contributed by atoms with E-state index in [1.807, 2.05) is 30.9 Å². The molecule has 2 aromatic rings. The van der Waals surface area contributed by atoms with Crippen molar-refractivity contribution in [2.75, 3.05) is 0 Å². The van der Waals surface area contributed by atoms with Crippen molar-refractivity contribution >= 4 is 11.9 Å². The molecule has 0 aliphatic carbocycles. The molecule has 1 fully saturated rings. The van der Waals surface area contributed by atoms with Crippen molar-refractivity contribution in [1.29, 1.82) is 5.26 Å². The highest BCUT2D eigenvalue weighted by atomic mass is 16.5. The van der Waals surface area contributed by atoms with Crippen LogP contribution in [0.15, 0.2) is 48.5 Å². The first-order chi connectivity index (χ1) is 13.9. The highest BCUT2D eigenvalue weighted by Gasteiger charge is 2.33. The lowest BCUT2D eigenvalue weighted by molar-refractivity contribution is -0.146. The summed E-state index contributed by atoms with van der Waals surface area (Å²) in [6, 6.07) is 16.6. The zero-order chi connectivity index (χ0) is 21.0. The Bertz CT molecular complexity index is 937. The third kappa shape index (κ3) is 4.32. The molecule has 5 nitrogen and oxygen atoms in total.